The smallest absolute Gasteiger partial charge is 0.137 e. The fourth-order valence-electron chi connectivity index (χ4n) is 1.55. The van der Waals surface area contributed by atoms with Gasteiger partial charge >= 0.3 is 0 Å². The zero-order valence-corrected chi connectivity index (χ0v) is 8.50. The Balaban J connectivity index is 2.11. The van der Waals surface area contributed by atoms with E-state index in [0.717, 1.165) is 13.0 Å². The van der Waals surface area contributed by atoms with Gasteiger partial charge < -0.3 is 5.73 Å². The van der Waals surface area contributed by atoms with Gasteiger partial charge in [-0.25, -0.2) is 9.67 Å². The maximum Gasteiger partial charge on any atom is 0.137 e. The molecule has 0 aliphatic heterocycles. The van der Waals surface area contributed by atoms with Crippen LogP contribution in [0.1, 0.15) is 11.1 Å². The Hall–Kier alpha value is -1.68. The molecule has 0 bridgehead atoms. The minimum atomic E-state index is 0.687. The van der Waals surface area contributed by atoms with Gasteiger partial charge in [0.25, 0.3) is 0 Å². The summed E-state index contributed by atoms with van der Waals surface area (Å²) in [6.07, 6.45) is 4.19. The number of nitrogens with zero attached hydrogens (tertiary/aromatic N) is 3. The molecule has 0 saturated carbocycles. The van der Waals surface area contributed by atoms with Crippen LogP contribution in [0.3, 0.4) is 0 Å². The molecule has 2 N–H and O–H groups in total. The highest BCUT2D eigenvalue weighted by molar-refractivity contribution is 5.23. The third kappa shape index (κ3) is 2.63. The second-order valence-electron chi connectivity index (χ2n) is 3.45. The Labute approximate surface area is 88.8 Å². The summed E-state index contributed by atoms with van der Waals surface area (Å²) in [5.74, 6) is 0. The van der Waals surface area contributed by atoms with Gasteiger partial charge in [-0.15, -0.1) is 0 Å². The molecule has 0 atom stereocenters. The third-order valence-corrected chi connectivity index (χ3v) is 2.24. The molecule has 2 rings (SSSR count). The lowest BCUT2D eigenvalue weighted by Crippen LogP contribution is -2.04. The van der Waals surface area contributed by atoms with Crippen LogP contribution in [-0.2, 0) is 13.0 Å². The SMILES string of the molecule is NCCc1cccc(Cn2cncn2)c1. The minimum Gasteiger partial charge on any atom is -0.330 e. The van der Waals surface area contributed by atoms with Crippen molar-refractivity contribution in [2.24, 2.45) is 5.73 Å². The van der Waals surface area contributed by atoms with E-state index < -0.39 is 0 Å². The average Bonchev–Trinajstić information content (AvgIpc) is 2.71. The quantitative estimate of drug-likeness (QED) is 0.798. The second-order valence-corrected chi connectivity index (χ2v) is 3.45. The van der Waals surface area contributed by atoms with Gasteiger partial charge in [0.05, 0.1) is 6.54 Å². The number of hydrogen-bond donors (Lipinski definition) is 1. The Kier molecular flexibility index (Phi) is 3.09. The molecular weight excluding hydrogens is 188 g/mol. The highest BCUT2D eigenvalue weighted by Gasteiger charge is 1.97. The van der Waals surface area contributed by atoms with Gasteiger partial charge in [-0.05, 0) is 24.1 Å². The Morgan fingerprint density at radius 2 is 2.13 bits per heavy atom. The minimum absolute atomic E-state index is 0.687. The molecule has 1 heterocycles. The summed E-state index contributed by atoms with van der Waals surface area (Å²) in [5, 5.41) is 4.07. The molecule has 15 heavy (non-hydrogen) atoms. The first kappa shape index (κ1) is 9.86. The van der Waals surface area contributed by atoms with Crippen LogP contribution in [-0.4, -0.2) is 21.3 Å². The van der Waals surface area contributed by atoms with E-state index in [1.807, 2.05) is 4.68 Å². The zero-order valence-electron chi connectivity index (χ0n) is 8.50. The first-order valence-corrected chi connectivity index (χ1v) is 4.99. The van der Waals surface area contributed by atoms with Crippen molar-refractivity contribution in [2.45, 2.75) is 13.0 Å². The predicted molar refractivity (Wildman–Crippen MR) is 58.3 cm³/mol. The Morgan fingerprint density at radius 1 is 1.27 bits per heavy atom. The van der Waals surface area contributed by atoms with E-state index in [2.05, 4.69) is 34.3 Å². The van der Waals surface area contributed by atoms with Gasteiger partial charge in [-0.1, -0.05) is 24.3 Å². The van der Waals surface area contributed by atoms with Crippen molar-refractivity contribution >= 4 is 0 Å². The van der Waals surface area contributed by atoms with Crippen LogP contribution in [0.4, 0.5) is 0 Å². The molecule has 4 heteroatoms. The van der Waals surface area contributed by atoms with Crippen molar-refractivity contribution in [3.8, 4) is 0 Å². The molecule has 0 fully saturated rings. The number of rotatable bonds is 4. The second kappa shape index (κ2) is 4.70. The number of aromatic nitrogens is 3. The first-order valence-electron chi connectivity index (χ1n) is 4.99. The zero-order chi connectivity index (χ0) is 10.5. The maximum absolute atomic E-state index is 5.52. The first-order chi connectivity index (χ1) is 7.38. The van der Waals surface area contributed by atoms with Crippen LogP contribution in [0.25, 0.3) is 0 Å². The molecule has 0 amide bonds. The summed E-state index contributed by atoms with van der Waals surface area (Å²) in [7, 11) is 0. The van der Waals surface area contributed by atoms with Gasteiger partial charge in [0.1, 0.15) is 12.7 Å². The predicted octanol–water partition coefficient (Wildman–Crippen LogP) is 0.828. The summed E-state index contributed by atoms with van der Waals surface area (Å²) in [6, 6.07) is 8.39. The Morgan fingerprint density at radius 3 is 2.87 bits per heavy atom. The number of benzene rings is 1. The van der Waals surface area contributed by atoms with Crippen LogP contribution in [0.5, 0.6) is 0 Å². The molecule has 1 aromatic carbocycles. The Bertz CT molecular complexity index is 408. The van der Waals surface area contributed by atoms with E-state index in [1.54, 1.807) is 12.7 Å². The largest absolute Gasteiger partial charge is 0.330 e. The summed E-state index contributed by atoms with van der Waals surface area (Å²) in [5.41, 5.74) is 8.02. The molecule has 4 nitrogen and oxygen atoms in total. The molecule has 0 saturated heterocycles. The van der Waals surface area contributed by atoms with Crippen LogP contribution in [0.2, 0.25) is 0 Å². The summed E-state index contributed by atoms with van der Waals surface area (Å²) < 4.78 is 1.81. The van der Waals surface area contributed by atoms with Crippen molar-refractivity contribution in [3.05, 3.63) is 48.0 Å². The van der Waals surface area contributed by atoms with E-state index in [-0.39, 0.29) is 0 Å². The van der Waals surface area contributed by atoms with Gasteiger partial charge in [0.2, 0.25) is 0 Å². The molecule has 1 aromatic heterocycles. The van der Waals surface area contributed by atoms with Crippen molar-refractivity contribution in [3.63, 3.8) is 0 Å². The van der Waals surface area contributed by atoms with Crippen molar-refractivity contribution in [2.75, 3.05) is 6.54 Å². The highest BCUT2D eigenvalue weighted by Crippen LogP contribution is 2.06. The molecule has 0 unspecified atom stereocenters. The summed E-state index contributed by atoms with van der Waals surface area (Å²) in [4.78, 5) is 3.91. The lowest BCUT2D eigenvalue weighted by atomic mass is 10.1. The van der Waals surface area contributed by atoms with Crippen molar-refractivity contribution in [1.82, 2.24) is 14.8 Å². The van der Waals surface area contributed by atoms with Crippen molar-refractivity contribution in [1.29, 1.82) is 0 Å². The molecule has 2 aromatic rings. The van der Waals surface area contributed by atoms with Crippen molar-refractivity contribution < 1.29 is 0 Å². The van der Waals surface area contributed by atoms with E-state index in [0.29, 0.717) is 6.54 Å². The van der Waals surface area contributed by atoms with Crippen LogP contribution in [0, 0.1) is 0 Å². The van der Waals surface area contributed by atoms with E-state index in [1.165, 1.54) is 11.1 Å². The molecule has 0 aliphatic carbocycles. The fourth-order valence-corrected chi connectivity index (χ4v) is 1.55. The van der Waals surface area contributed by atoms with Gasteiger partial charge in [-0.2, -0.15) is 5.10 Å². The molecule has 0 aliphatic rings. The van der Waals surface area contributed by atoms with Gasteiger partial charge in [0.15, 0.2) is 0 Å². The van der Waals surface area contributed by atoms with Crippen LogP contribution >= 0.6 is 0 Å². The van der Waals surface area contributed by atoms with Gasteiger partial charge in [-0.3, -0.25) is 0 Å². The molecule has 0 radical (unpaired) electrons. The number of hydrogen-bond acceptors (Lipinski definition) is 3. The van der Waals surface area contributed by atoms with Crippen LogP contribution < -0.4 is 5.73 Å². The maximum atomic E-state index is 5.52. The lowest BCUT2D eigenvalue weighted by Gasteiger charge is -2.04. The van der Waals surface area contributed by atoms with E-state index in [9.17, 15) is 0 Å². The molecular formula is C11H14N4. The third-order valence-electron chi connectivity index (χ3n) is 2.24. The van der Waals surface area contributed by atoms with E-state index >= 15 is 0 Å². The molecule has 78 valence electrons. The molecule has 0 spiro atoms. The van der Waals surface area contributed by atoms with Gasteiger partial charge in [0, 0.05) is 0 Å². The summed E-state index contributed by atoms with van der Waals surface area (Å²) in [6.45, 7) is 1.45. The lowest BCUT2D eigenvalue weighted by molar-refractivity contribution is 0.684. The summed E-state index contributed by atoms with van der Waals surface area (Å²) >= 11 is 0. The van der Waals surface area contributed by atoms with Crippen LogP contribution in [0.15, 0.2) is 36.9 Å². The standard InChI is InChI=1S/C11H14N4/c12-5-4-10-2-1-3-11(6-10)7-15-9-13-8-14-15/h1-3,6,8-9H,4-5,7,12H2. The monoisotopic (exact) mass is 202 g/mol. The average molecular weight is 202 g/mol. The fraction of sp³-hybridized carbons (Fsp3) is 0.273. The number of nitrogens with two attached hydrogens (primary N) is 1. The topological polar surface area (TPSA) is 56.7 Å². The normalized spacial score (nSPS) is 10.5. The van der Waals surface area contributed by atoms with E-state index in [4.69, 9.17) is 5.73 Å². The highest BCUT2D eigenvalue weighted by atomic mass is 15.3.